The van der Waals surface area contributed by atoms with Crippen molar-refractivity contribution in [2.75, 3.05) is 0 Å². The van der Waals surface area contributed by atoms with Crippen LogP contribution in [0.1, 0.15) is 29.3 Å². The highest BCUT2D eigenvalue weighted by atomic mass is 16.6. The molecule has 0 aromatic heterocycles. The lowest BCUT2D eigenvalue weighted by atomic mass is 10.0. The van der Waals surface area contributed by atoms with Gasteiger partial charge >= 0.3 is 0 Å². The zero-order chi connectivity index (χ0) is 17.6. The van der Waals surface area contributed by atoms with E-state index in [0.717, 1.165) is 6.07 Å². The van der Waals surface area contributed by atoms with E-state index in [1.165, 1.54) is 12.1 Å². The van der Waals surface area contributed by atoms with Crippen LogP contribution in [0.15, 0.2) is 18.2 Å². The number of nitrogens with zero attached hydrogens (tertiary/aromatic N) is 1. The molecule has 122 valence electrons. The first-order valence-electron chi connectivity index (χ1n) is 6.49. The van der Waals surface area contributed by atoms with Crippen molar-refractivity contribution in [3.8, 4) is 5.75 Å². The van der Waals surface area contributed by atoms with E-state index in [1.54, 1.807) is 13.0 Å². The normalized spacial score (nSPS) is 11.9. The fourth-order valence-corrected chi connectivity index (χ4v) is 1.88. The fraction of sp³-hybridized carbons (Fsp3) is 0.214. The zero-order valence-electron chi connectivity index (χ0n) is 12.2. The van der Waals surface area contributed by atoms with Gasteiger partial charge in [0.2, 0.25) is 5.91 Å². The molecule has 0 radical (unpaired) electrons. The van der Waals surface area contributed by atoms with Gasteiger partial charge in [0, 0.05) is 11.6 Å². The monoisotopic (exact) mass is 321 g/mol. The van der Waals surface area contributed by atoms with Gasteiger partial charge in [-0.1, -0.05) is 12.2 Å². The number of phenols is 1. The van der Waals surface area contributed by atoms with E-state index in [9.17, 15) is 29.6 Å². The second-order valence-electron chi connectivity index (χ2n) is 4.54. The summed E-state index contributed by atoms with van der Waals surface area (Å²) in [6.07, 6.45) is 2.85. The molecule has 9 heteroatoms. The summed E-state index contributed by atoms with van der Waals surface area (Å²) < 4.78 is 0. The van der Waals surface area contributed by atoms with Crippen LogP contribution in [0, 0.1) is 10.1 Å². The molecule has 0 spiro atoms. The quantitative estimate of drug-likeness (QED) is 0.378. The van der Waals surface area contributed by atoms with Gasteiger partial charge in [0.15, 0.2) is 5.56 Å². The Balaban J connectivity index is 3.29. The van der Waals surface area contributed by atoms with E-state index in [1.807, 2.05) is 0 Å². The maximum Gasteiger partial charge on any atom is 0.285 e. The van der Waals surface area contributed by atoms with Crippen LogP contribution in [0.3, 0.4) is 0 Å². The van der Waals surface area contributed by atoms with Crippen molar-refractivity contribution in [2.24, 2.45) is 5.73 Å². The summed E-state index contributed by atoms with van der Waals surface area (Å²) >= 11 is 0. The van der Waals surface area contributed by atoms with Crippen molar-refractivity contribution in [1.29, 1.82) is 0 Å². The number of carbonyl (C=O) groups excluding carboxylic acids is 3. The number of aromatic hydroxyl groups is 1. The van der Waals surface area contributed by atoms with Gasteiger partial charge in [-0.2, -0.15) is 0 Å². The number of hydrogen-bond acceptors (Lipinski definition) is 6. The highest BCUT2D eigenvalue weighted by Gasteiger charge is 2.27. The summed E-state index contributed by atoms with van der Waals surface area (Å²) in [5.74, 6) is -2.48. The Hall–Kier alpha value is -3.23. The SMILES string of the molecule is CC=Cc1ccc([N+](=O)[O-])c(C(=O)N[C@H](C=O)CC(N)=O)c1O. The summed E-state index contributed by atoms with van der Waals surface area (Å²) in [4.78, 5) is 44.0. The number of hydrogen-bond donors (Lipinski definition) is 3. The Morgan fingerprint density at radius 3 is 2.61 bits per heavy atom. The number of primary amides is 1. The van der Waals surface area contributed by atoms with Gasteiger partial charge in [0.25, 0.3) is 11.6 Å². The molecule has 0 fully saturated rings. The van der Waals surface area contributed by atoms with E-state index in [0.29, 0.717) is 0 Å². The van der Waals surface area contributed by atoms with Crippen LogP contribution >= 0.6 is 0 Å². The summed E-state index contributed by atoms with van der Waals surface area (Å²) in [7, 11) is 0. The number of nitro benzene ring substituents is 1. The smallest absolute Gasteiger partial charge is 0.285 e. The number of benzene rings is 1. The van der Waals surface area contributed by atoms with Gasteiger partial charge in [-0.05, 0) is 13.0 Å². The van der Waals surface area contributed by atoms with Gasteiger partial charge in [-0.3, -0.25) is 19.7 Å². The molecular weight excluding hydrogens is 306 g/mol. The first kappa shape index (κ1) is 17.8. The minimum Gasteiger partial charge on any atom is -0.506 e. The molecule has 9 nitrogen and oxygen atoms in total. The Morgan fingerprint density at radius 2 is 2.13 bits per heavy atom. The van der Waals surface area contributed by atoms with Crippen LogP contribution in [0.2, 0.25) is 0 Å². The molecule has 0 aliphatic rings. The van der Waals surface area contributed by atoms with E-state index < -0.39 is 46.2 Å². The number of nitro groups is 1. The Morgan fingerprint density at radius 1 is 1.48 bits per heavy atom. The maximum atomic E-state index is 12.2. The van der Waals surface area contributed by atoms with Crippen LogP contribution in [0.4, 0.5) is 5.69 Å². The van der Waals surface area contributed by atoms with Gasteiger partial charge in [-0.25, -0.2) is 0 Å². The molecule has 1 rings (SSSR count). The largest absolute Gasteiger partial charge is 0.506 e. The molecule has 1 aromatic rings. The maximum absolute atomic E-state index is 12.2. The molecule has 0 bridgehead atoms. The van der Waals surface area contributed by atoms with Crippen molar-refractivity contribution in [2.45, 2.75) is 19.4 Å². The minimum absolute atomic E-state index is 0.195. The van der Waals surface area contributed by atoms with Crippen molar-refractivity contribution in [1.82, 2.24) is 5.32 Å². The minimum atomic E-state index is -1.25. The molecule has 4 N–H and O–H groups in total. The van der Waals surface area contributed by atoms with Crippen LogP contribution in [0.5, 0.6) is 5.75 Å². The third-order valence-corrected chi connectivity index (χ3v) is 2.86. The van der Waals surface area contributed by atoms with E-state index in [4.69, 9.17) is 5.73 Å². The summed E-state index contributed by atoms with van der Waals surface area (Å²) in [6.45, 7) is 1.66. The predicted molar refractivity (Wildman–Crippen MR) is 80.6 cm³/mol. The molecule has 0 heterocycles. The van der Waals surface area contributed by atoms with Crippen LogP contribution in [-0.2, 0) is 9.59 Å². The highest BCUT2D eigenvalue weighted by molar-refractivity contribution is 6.03. The van der Waals surface area contributed by atoms with Gasteiger partial charge in [0.1, 0.15) is 12.0 Å². The molecule has 0 saturated heterocycles. The van der Waals surface area contributed by atoms with Crippen LogP contribution in [-0.4, -0.2) is 34.2 Å². The number of phenolic OH excluding ortho intramolecular Hbond substituents is 1. The summed E-state index contributed by atoms with van der Waals surface area (Å²) in [5, 5.41) is 23.2. The third-order valence-electron chi connectivity index (χ3n) is 2.86. The lowest BCUT2D eigenvalue weighted by Crippen LogP contribution is -2.39. The zero-order valence-corrected chi connectivity index (χ0v) is 12.2. The molecule has 2 amide bonds. The lowest BCUT2D eigenvalue weighted by Gasteiger charge is -2.13. The molecule has 0 saturated carbocycles. The third kappa shape index (κ3) is 4.37. The Labute approximate surface area is 130 Å². The fourth-order valence-electron chi connectivity index (χ4n) is 1.88. The molecule has 23 heavy (non-hydrogen) atoms. The number of amides is 2. The molecule has 1 aromatic carbocycles. The van der Waals surface area contributed by atoms with Crippen molar-refractivity contribution in [3.05, 3.63) is 39.4 Å². The predicted octanol–water partition coefficient (Wildman–Crippen LogP) is 0.506. The molecule has 0 unspecified atom stereocenters. The Bertz CT molecular complexity index is 683. The van der Waals surface area contributed by atoms with Crippen molar-refractivity contribution >= 4 is 29.9 Å². The standard InChI is InChI=1S/C14H15N3O6/c1-2-3-8-4-5-10(17(22)23)12(13(8)20)14(21)16-9(7-18)6-11(15)19/h2-5,7,9,20H,6H2,1H3,(H2,15,19)(H,16,21)/t9-/m0/s1. The highest BCUT2D eigenvalue weighted by Crippen LogP contribution is 2.32. The van der Waals surface area contributed by atoms with E-state index in [2.05, 4.69) is 5.32 Å². The van der Waals surface area contributed by atoms with Crippen molar-refractivity contribution < 1.29 is 24.4 Å². The molecule has 0 aliphatic carbocycles. The second kappa shape index (κ2) is 7.69. The lowest BCUT2D eigenvalue weighted by molar-refractivity contribution is -0.385. The molecule has 1 atom stereocenters. The number of nitrogens with one attached hydrogen (secondary N) is 1. The van der Waals surface area contributed by atoms with Crippen LogP contribution < -0.4 is 11.1 Å². The second-order valence-corrected chi connectivity index (χ2v) is 4.54. The van der Waals surface area contributed by atoms with Gasteiger partial charge < -0.3 is 21.0 Å². The van der Waals surface area contributed by atoms with E-state index >= 15 is 0 Å². The average molecular weight is 321 g/mol. The summed E-state index contributed by atoms with van der Waals surface area (Å²) in [5.41, 5.74) is 3.91. The number of allylic oxidation sites excluding steroid dienone is 1. The first-order chi connectivity index (χ1) is 10.8. The first-order valence-corrected chi connectivity index (χ1v) is 6.49. The Kier molecular flexibility index (Phi) is 5.95. The van der Waals surface area contributed by atoms with Gasteiger partial charge in [-0.15, -0.1) is 0 Å². The van der Waals surface area contributed by atoms with Gasteiger partial charge in [0.05, 0.1) is 17.4 Å². The van der Waals surface area contributed by atoms with E-state index in [-0.39, 0.29) is 11.8 Å². The number of carbonyl (C=O) groups is 3. The summed E-state index contributed by atoms with van der Waals surface area (Å²) in [6, 6.07) is 1.10. The topological polar surface area (TPSA) is 153 Å². The molecular formula is C14H15N3O6. The number of nitrogens with two attached hydrogens (primary N) is 1. The van der Waals surface area contributed by atoms with Crippen molar-refractivity contribution in [3.63, 3.8) is 0 Å². The molecule has 0 aliphatic heterocycles. The number of aldehydes is 1. The van der Waals surface area contributed by atoms with Crippen LogP contribution in [0.25, 0.3) is 6.08 Å². The number of rotatable bonds is 7. The average Bonchev–Trinajstić information content (AvgIpc) is 2.47.